The van der Waals surface area contributed by atoms with Crippen molar-refractivity contribution in [3.05, 3.63) is 60.0 Å². The fraction of sp³-hybridized carbons (Fsp3) is 0.353. The summed E-state index contributed by atoms with van der Waals surface area (Å²) in [6.45, 7) is 4.47. The predicted molar refractivity (Wildman–Crippen MR) is 111 cm³/mol. The predicted octanol–water partition coefficient (Wildman–Crippen LogP) is 2.54. The van der Waals surface area contributed by atoms with Crippen LogP contribution >= 0.6 is 11.3 Å². The summed E-state index contributed by atoms with van der Waals surface area (Å²) in [5, 5.41) is 45.1. The normalized spacial score (nSPS) is 11.3. The second kappa shape index (κ2) is 10.9. The number of anilines is 1. The Balaban J connectivity index is 0.000000311. The maximum atomic E-state index is 11.5. The van der Waals surface area contributed by atoms with E-state index in [-0.39, 0.29) is 5.91 Å². The first-order chi connectivity index (χ1) is 14.4. The molecule has 0 N–H and O–H groups in total. The quantitative estimate of drug-likeness (QED) is 0.449. The Morgan fingerprint density at radius 3 is 1.90 bits per heavy atom. The zero-order valence-electron chi connectivity index (χ0n) is 17.1. The monoisotopic (exact) mass is 454 g/mol. The van der Waals surface area contributed by atoms with E-state index in [0.717, 1.165) is 11.5 Å². The van der Waals surface area contributed by atoms with Crippen molar-refractivity contribution in [1.29, 1.82) is 0 Å². The molecule has 0 fully saturated rings. The molecule has 13 nitrogen and oxygen atoms in total. The third-order valence-corrected chi connectivity index (χ3v) is 5.01. The van der Waals surface area contributed by atoms with Crippen LogP contribution in [0.25, 0.3) is 0 Å². The van der Waals surface area contributed by atoms with Gasteiger partial charge in [0.15, 0.2) is 0 Å². The fourth-order valence-corrected chi connectivity index (χ4v) is 2.97. The van der Waals surface area contributed by atoms with Crippen molar-refractivity contribution in [2.24, 2.45) is 0 Å². The maximum Gasteiger partial charge on any atom is 0.283 e. The van der Waals surface area contributed by atoms with Crippen LogP contribution < -0.4 is 10.0 Å². The molecular weight excluding hydrogens is 434 g/mol. The van der Waals surface area contributed by atoms with Crippen molar-refractivity contribution in [3.63, 3.8) is 0 Å². The standard InChI is InChI=1S/C11H18N2OS.C6H3N3O7/c1-9(12(3)4)8-13(10(2)14)11-6-5-7-15-11;10-6-4(8(13)14)1-3(7(11)12)2-5(6)9(15)16/h5-7,9H,8H2,1-4H3;1-2,10H/p-1. The van der Waals surface area contributed by atoms with E-state index in [9.17, 15) is 40.2 Å². The van der Waals surface area contributed by atoms with Gasteiger partial charge in [-0.05, 0) is 38.5 Å². The molecule has 0 aliphatic rings. The summed E-state index contributed by atoms with van der Waals surface area (Å²) in [7, 11) is 4.05. The first-order valence-electron chi connectivity index (χ1n) is 8.63. The number of nitro benzene ring substituents is 3. The average Bonchev–Trinajstić information content (AvgIpc) is 3.19. The van der Waals surface area contributed by atoms with E-state index < -0.39 is 37.6 Å². The molecule has 0 saturated heterocycles. The Morgan fingerprint density at radius 2 is 1.58 bits per heavy atom. The number of carbonyl (C=O) groups is 1. The van der Waals surface area contributed by atoms with Crippen LogP contribution in [0, 0.1) is 30.3 Å². The third kappa shape index (κ3) is 6.97. The summed E-state index contributed by atoms with van der Waals surface area (Å²) in [4.78, 5) is 43.0. The zero-order chi connectivity index (χ0) is 23.9. The van der Waals surface area contributed by atoms with E-state index in [0.29, 0.717) is 18.2 Å². The number of amides is 1. The Hall–Kier alpha value is -3.65. The number of thiophene rings is 1. The molecule has 2 rings (SSSR count). The van der Waals surface area contributed by atoms with Crippen molar-refractivity contribution >= 4 is 39.3 Å². The number of benzene rings is 1. The van der Waals surface area contributed by atoms with Crippen LogP contribution in [0.5, 0.6) is 5.75 Å². The lowest BCUT2D eigenvalue weighted by Crippen LogP contribution is -2.40. The van der Waals surface area contributed by atoms with Gasteiger partial charge in [-0.25, -0.2) is 0 Å². The fourth-order valence-electron chi connectivity index (χ4n) is 2.19. The van der Waals surface area contributed by atoms with Crippen molar-refractivity contribution in [3.8, 4) is 5.75 Å². The second-order valence-electron chi connectivity index (χ2n) is 6.48. The van der Waals surface area contributed by atoms with E-state index >= 15 is 0 Å². The van der Waals surface area contributed by atoms with Crippen LogP contribution in [0.4, 0.5) is 22.1 Å². The molecule has 0 bridgehead atoms. The Kier molecular flexibility index (Phi) is 8.96. The smallest absolute Gasteiger partial charge is 0.283 e. The largest absolute Gasteiger partial charge is 0.863 e. The van der Waals surface area contributed by atoms with Crippen molar-refractivity contribution in [2.45, 2.75) is 19.9 Å². The molecule has 0 radical (unpaired) electrons. The highest BCUT2D eigenvalue weighted by atomic mass is 32.1. The van der Waals surface area contributed by atoms with Crippen LogP contribution in [-0.2, 0) is 4.79 Å². The summed E-state index contributed by atoms with van der Waals surface area (Å²) in [6, 6.07) is 5.08. The molecule has 1 unspecified atom stereocenters. The molecule has 0 aliphatic carbocycles. The molecule has 14 heteroatoms. The van der Waals surface area contributed by atoms with Crippen LogP contribution in [-0.4, -0.2) is 52.3 Å². The highest BCUT2D eigenvalue weighted by molar-refractivity contribution is 7.14. The van der Waals surface area contributed by atoms with Crippen LogP contribution in [0.15, 0.2) is 29.6 Å². The average molecular weight is 454 g/mol. The van der Waals surface area contributed by atoms with Gasteiger partial charge >= 0.3 is 0 Å². The highest BCUT2D eigenvalue weighted by Crippen LogP contribution is 2.36. The number of carbonyl (C=O) groups excluding carboxylic acids is 1. The molecule has 1 aromatic heterocycles. The Morgan fingerprint density at radius 1 is 1.06 bits per heavy atom. The van der Waals surface area contributed by atoms with Crippen LogP contribution in [0.1, 0.15) is 13.8 Å². The molecule has 0 saturated carbocycles. The van der Waals surface area contributed by atoms with Gasteiger partial charge in [-0.2, -0.15) is 0 Å². The molecule has 31 heavy (non-hydrogen) atoms. The first kappa shape index (κ1) is 25.4. The molecule has 0 aliphatic heterocycles. The summed E-state index contributed by atoms with van der Waals surface area (Å²) < 4.78 is 0. The first-order valence-corrected chi connectivity index (χ1v) is 9.51. The van der Waals surface area contributed by atoms with Gasteiger partial charge in [0.05, 0.1) is 37.7 Å². The minimum absolute atomic E-state index is 0.103. The van der Waals surface area contributed by atoms with Crippen LogP contribution in [0.2, 0.25) is 0 Å². The molecule has 1 amide bonds. The van der Waals surface area contributed by atoms with E-state index in [4.69, 9.17) is 0 Å². The topological polar surface area (TPSA) is 176 Å². The van der Waals surface area contributed by atoms with Gasteiger partial charge in [0.25, 0.3) is 17.1 Å². The number of nitrogens with zero attached hydrogens (tertiary/aromatic N) is 5. The number of rotatable bonds is 7. The molecule has 2 aromatic rings. The van der Waals surface area contributed by atoms with Gasteiger partial charge < -0.3 is 14.9 Å². The molecule has 168 valence electrons. The lowest BCUT2D eigenvalue weighted by atomic mass is 10.2. The highest BCUT2D eigenvalue weighted by Gasteiger charge is 2.24. The van der Waals surface area contributed by atoms with Gasteiger partial charge in [0.2, 0.25) is 5.91 Å². The van der Waals surface area contributed by atoms with Gasteiger partial charge in [-0.1, -0.05) is 0 Å². The van der Waals surface area contributed by atoms with E-state index in [1.54, 1.807) is 18.3 Å². The third-order valence-electron chi connectivity index (χ3n) is 4.12. The Labute approximate surface area is 180 Å². The molecule has 1 atom stereocenters. The van der Waals surface area contributed by atoms with Gasteiger partial charge in [-0.15, -0.1) is 11.3 Å². The van der Waals surface area contributed by atoms with Gasteiger partial charge in [-0.3, -0.25) is 35.1 Å². The minimum Gasteiger partial charge on any atom is -0.863 e. The zero-order valence-corrected chi connectivity index (χ0v) is 17.9. The van der Waals surface area contributed by atoms with E-state index in [1.807, 2.05) is 36.5 Å². The van der Waals surface area contributed by atoms with Crippen LogP contribution in [0.3, 0.4) is 0 Å². The maximum absolute atomic E-state index is 11.5. The second-order valence-corrected chi connectivity index (χ2v) is 7.40. The number of non-ortho nitro benzene ring substituents is 1. The number of hydrogen-bond acceptors (Lipinski definition) is 10. The van der Waals surface area contributed by atoms with E-state index in [1.165, 1.54) is 0 Å². The van der Waals surface area contributed by atoms with Gasteiger partial charge in [0.1, 0.15) is 0 Å². The summed E-state index contributed by atoms with van der Waals surface area (Å²) >= 11 is 1.60. The van der Waals surface area contributed by atoms with Crippen molar-refractivity contribution in [2.75, 3.05) is 25.5 Å². The molecule has 1 aromatic carbocycles. The Bertz CT molecular complexity index is 928. The number of nitro groups is 3. The van der Waals surface area contributed by atoms with Crippen molar-refractivity contribution < 1.29 is 24.7 Å². The molecular formula is C17H20N5O8S-. The lowest BCUT2D eigenvalue weighted by molar-refractivity contribution is -0.420. The summed E-state index contributed by atoms with van der Waals surface area (Å²) in [5.74, 6) is -1.35. The molecule has 0 spiro atoms. The summed E-state index contributed by atoms with van der Waals surface area (Å²) in [5.41, 5.74) is -3.26. The lowest BCUT2D eigenvalue weighted by Gasteiger charge is -2.27. The number of hydrogen-bond donors (Lipinski definition) is 0. The molecule has 1 heterocycles. The van der Waals surface area contributed by atoms with Gasteiger partial charge in [0, 0.05) is 19.5 Å². The number of likely N-dealkylation sites (N-methyl/N-ethyl adjacent to an activating group) is 1. The summed E-state index contributed by atoms with van der Waals surface area (Å²) in [6.07, 6.45) is 0. The van der Waals surface area contributed by atoms with E-state index in [2.05, 4.69) is 11.8 Å². The van der Waals surface area contributed by atoms with Crippen molar-refractivity contribution in [1.82, 2.24) is 4.90 Å². The minimum atomic E-state index is -1.46. The SMILES string of the molecule is CC(=O)N(CC(C)N(C)C)c1cccs1.O=[N+]([O-])c1cc([N+](=O)[O-])c([O-])c([N+](=O)[O-])c1.